The molecule has 4 heteroatoms. The Morgan fingerprint density at radius 1 is 1.20 bits per heavy atom. The minimum atomic E-state index is -0.951. The summed E-state index contributed by atoms with van der Waals surface area (Å²) in [5.41, 5.74) is 13.5. The van der Waals surface area contributed by atoms with Crippen molar-refractivity contribution in [3.05, 3.63) is 34.9 Å². The van der Waals surface area contributed by atoms with Gasteiger partial charge in [-0.15, -0.1) is 0 Å². The van der Waals surface area contributed by atoms with E-state index in [0.29, 0.717) is 0 Å². The molecule has 2 unspecified atom stereocenters. The van der Waals surface area contributed by atoms with Crippen LogP contribution in [-0.2, 0) is 0 Å². The Kier molecular flexibility index (Phi) is 3.44. The van der Waals surface area contributed by atoms with E-state index in [4.69, 9.17) is 16.6 Å². The molecule has 0 spiro atoms. The summed E-state index contributed by atoms with van der Waals surface area (Å²) in [5, 5.41) is 8.85. The number of carboxylic acid groups (broad SMARTS) is 1. The van der Waals surface area contributed by atoms with Gasteiger partial charge in [0.2, 0.25) is 0 Å². The molecule has 0 saturated heterocycles. The Bertz CT molecular complexity index is 373. The van der Waals surface area contributed by atoms with Crippen molar-refractivity contribution in [3.63, 3.8) is 0 Å². The zero-order valence-corrected chi connectivity index (χ0v) is 8.90. The van der Waals surface area contributed by atoms with Gasteiger partial charge in [0, 0.05) is 12.1 Å². The molecule has 0 bridgehead atoms. The van der Waals surface area contributed by atoms with Gasteiger partial charge in [-0.05, 0) is 37.1 Å². The van der Waals surface area contributed by atoms with Crippen LogP contribution >= 0.6 is 0 Å². The number of aromatic carboxylic acids is 1. The molecule has 0 heterocycles. The fourth-order valence-electron chi connectivity index (χ4n) is 1.52. The van der Waals surface area contributed by atoms with E-state index in [0.717, 1.165) is 11.1 Å². The number of hydrogen-bond donors (Lipinski definition) is 3. The van der Waals surface area contributed by atoms with Gasteiger partial charge in [-0.25, -0.2) is 4.79 Å². The van der Waals surface area contributed by atoms with E-state index >= 15 is 0 Å². The second-order valence-electron chi connectivity index (χ2n) is 3.73. The van der Waals surface area contributed by atoms with Crippen molar-refractivity contribution in [2.45, 2.75) is 25.9 Å². The normalized spacial score (nSPS) is 14.7. The van der Waals surface area contributed by atoms with Gasteiger partial charge in [-0.1, -0.05) is 6.07 Å². The predicted octanol–water partition coefficient (Wildman–Crippen LogP) is 1.42. The van der Waals surface area contributed by atoms with Crippen LogP contribution in [0.25, 0.3) is 0 Å². The van der Waals surface area contributed by atoms with Gasteiger partial charge >= 0.3 is 5.97 Å². The van der Waals surface area contributed by atoms with Crippen LogP contribution in [0.2, 0.25) is 0 Å². The van der Waals surface area contributed by atoms with Gasteiger partial charge in [0.1, 0.15) is 0 Å². The van der Waals surface area contributed by atoms with Crippen LogP contribution in [0.15, 0.2) is 18.2 Å². The van der Waals surface area contributed by atoms with Gasteiger partial charge in [0.25, 0.3) is 0 Å². The Morgan fingerprint density at radius 2 is 1.73 bits per heavy atom. The smallest absolute Gasteiger partial charge is 0.335 e. The summed E-state index contributed by atoms with van der Waals surface area (Å²) < 4.78 is 0. The van der Waals surface area contributed by atoms with Crippen LogP contribution in [0.1, 0.15) is 47.4 Å². The van der Waals surface area contributed by atoms with Crippen LogP contribution in [-0.4, -0.2) is 11.1 Å². The first-order chi connectivity index (χ1) is 6.93. The lowest BCUT2D eigenvalue weighted by atomic mass is 9.95. The van der Waals surface area contributed by atoms with Gasteiger partial charge in [0.05, 0.1) is 5.56 Å². The molecule has 0 aliphatic rings. The molecule has 1 aromatic rings. The first kappa shape index (κ1) is 11.7. The molecule has 0 fully saturated rings. The third-order valence-electron chi connectivity index (χ3n) is 2.31. The summed E-state index contributed by atoms with van der Waals surface area (Å²) >= 11 is 0. The molecular weight excluding hydrogens is 192 g/mol. The second-order valence-corrected chi connectivity index (χ2v) is 3.73. The van der Waals surface area contributed by atoms with Gasteiger partial charge in [-0.3, -0.25) is 0 Å². The van der Waals surface area contributed by atoms with Crippen molar-refractivity contribution in [2.24, 2.45) is 11.5 Å². The highest BCUT2D eigenvalue weighted by molar-refractivity contribution is 5.88. The van der Waals surface area contributed by atoms with E-state index in [1.54, 1.807) is 18.2 Å². The number of carbonyl (C=O) groups is 1. The standard InChI is InChI=1S/C11H16N2O2/c1-6(12)9-4-3-8(11(14)15)5-10(9)7(2)13/h3-7H,12-13H2,1-2H3,(H,14,15). The lowest BCUT2D eigenvalue weighted by Crippen LogP contribution is -2.15. The topological polar surface area (TPSA) is 89.3 Å². The zero-order valence-electron chi connectivity index (χ0n) is 8.90. The maximum Gasteiger partial charge on any atom is 0.335 e. The zero-order chi connectivity index (χ0) is 11.6. The molecule has 0 aliphatic carbocycles. The van der Waals surface area contributed by atoms with Crippen LogP contribution < -0.4 is 11.5 Å². The molecule has 0 amide bonds. The minimum Gasteiger partial charge on any atom is -0.478 e. The molecule has 4 nitrogen and oxygen atoms in total. The highest BCUT2D eigenvalue weighted by atomic mass is 16.4. The number of benzene rings is 1. The van der Waals surface area contributed by atoms with Gasteiger partial charge in [0.15, 0.2) is 0 Å². The summed E-state index contributed by atoms with van der Waals surface area (Å²) in [5.74, 6) is -0.951. The van der Waals surface area contributed by atoms with Crippen molar-refractivity contribution in [1.82, 2.24) is 0 Å². The molecule has 1 rings (SSSR count). The summed E-state index contributed by atoms with van der Waals surface area (Å²) in [6.07, 6.45) is 0. The monoisotopic (exact) mass is 208 g/mol. The van der Waals surface area contributed by atoms with Gasteiger partial charge in [-0.2, -0.15) is 0 Å². The van der Waals surface area contributed by atoms with E-state index < -0.39 is 5.97 Å². The van der Waals surface area contributed by atoms with Crippen LogP contribution in [0.3, 0.4) is 0 Å². The van der Waals surface area contributed by atoms with Crippen LogP contribution in [0.5, 0.6) is 0 Å². The number of hydrogen-bond acceptors (Lipinski definition) is 3. The maximum atomic E-state index is 10.8. The SMILES string of the molecule is CC(N)c1ccc(C(=O)O)cc1C(C)N. The second kappa shape index (κ2) is 4.42. The van der Waals surface area contributed by atoms with E-state index in [9.17, 15) is 4.79 Å². The lowest BCUT2D eigenvalue weighted by Gasteiger charge is -2.16. The van der Waals surface area contributed by atoms with Crippen LogP contribution in [0.4, 0.5) is 0 Å². The molecule has 0 radical (unpaired) electrons. The average molecular weight is 208 g/mol. The Hall–Kier alpha value is -1.39. The number of rotatable bonds is 3. The largest absolute Gasteiger partial charge is 0.478 e. The Labute approximate surface area is 88.9 Å². The highest BCUT2D eigenvalue weighted by Crippen LogP contribution is 2.22. The van der Waals surface area contributed by atoms with Crippen molar-refractivity contribution >= 4 is 5.97 Å². The molecule has 82 valence electrons. The fraction of sp³-hybridized carbons (Fsp3) is 0.364. The fourth-order valence-corrected chi connectivity index (χ4v) is 1.52. The lowest BCUT2D eigenvalue weighted by molar-refractivity contribution is 0.0696. The van der Waals surface area contributed by atoms with E-state index in [1.165, 1.54) is 0 Å². The molecular formula is C11H16N2O2. The summed E-state index contributed by atoms with van der Waals surface area (Å²) in [4.78, 5) is 10.8. The van der Waals surface area contributed by atoms with Gasteiger partial charge < -0.3 is 16.6 Å². The first-order valence-corrected chi connectivity index (χ1v) is 4.81. The summed E-state index contributed by atoms with van der Waals surface area (Å²) in [7, 11) is 0. The predicted molar refractivity (Wildman–Crippen MR) is 58.6 cm³/mol. The number of nitrogens with two attached hydrogens (primary N) is 2. The Morgan fingerprint density at radius 3 is 2.13 bits per heavy atom. The third-order valence-corrected chi connectivity index (χ3v) is 2.31. The molecule has 15 heavy (non-hydrogen) atoms. The number of carboxylic acids is 1. The third kappa shape index (κ3) is 2.55. The van der Waals surface area contributed by atoms with E-state index in [1.807, 2.05) is 13.8 Å². The molecule has 0 saturated carbocycles. The van der Waals surface area contributed by atoms with Crippen LogP contribution in [0, 0.1) is 0 Å². The van der Waals surface area contributed by atoms with Crippen molar-refractivity contribution < 1.29 is 9.90 Å². The molecule has 0 aromatic heterocycles. The molecule has 5 N–H and O–H groups in total. The quantitative estimate of drug-likeness (QED) is 0.700. The molecule has 2 atom stereocenters. The van der Waals surface area contributed by atoms with E-state index in [2.05, 4.69) is 0 Å². The van der Waals surface area contributed by atoms with E-state index in [-0.39, 0.29) is 17.6 Å². The highest BCUT2D eigenvalue weighted by Gasteiger charge is 2.13. The maximum absolute atomic E-state index is 10.8. The molecule has 0 aliphatic heterocycles. The van der Waals surface area contributed by atoms with Crippen molar-refractivity contribution in [2.75, 3.05) is 0 Å². The Balaban J connectivity index is 3.27. The average Bonchev–Trinajstić information content (AvgIpc) is 2.16. The summed E-state index contributed by atoms with van der Waals surface area (Å²) in [6, 6.07) is 4.50. The minimum absolute atomic E-state index is 0.145. The van der Waals surface area contributed by atoms with Crippen molar-refractivity contribution in [1.29, 1.82) is 0 Å². The first-order valence-electron chi connectivity index (χ1n) is 4.81. The molecule has 1 aromatic carbocycles. The summed E-state index contributed by atoms with van der Waals surface area (Å²) in [6.45, 7) is 3.66. The van der Waals surface area contributed by atoms with Crippen molar-refractivity contribution in [3.8, 4) is 0 Å².